The van der Waals surface area contributed by atoms with Crippen molar-refractivity contribution in [2.45, 2.75) is 0 Å². The molecule has 0 aromatic heterocycles. The van der Waals surface area contributed by atoms with Crippen molar-refractivity contribution in [2.24, 2.45) is 0 Å². The summed E-state index contributed by atoms with van der Waals surface area (Å²) in [5.41, 5.74) is 0. The van der Waals surface area contributed by atoms with Crippen molar-refractivity contribution < 1.29 is 38.0 Å². The predicted molar refractivity (Wildman–Crippen MR) is 76.6 cm³/mol. The first-order valence-corrected chi connectivity index (χ1v) is 6.67. The van der Waals surface area contributed by atoms with Crippen molar-refractivity contribution >= 4 is 12.3 Å². The molecular weight excluding hydrogens is 296 g/mol. The van der Waals surface area contributed by atoms with Gasteiger partial charge in [-0.3, -0.25) is 0 Å². The Labute approximate surface area is 129 Å². The Morgan fingerprint density at radius 1 is 0.636 bits per heavy atom. The van der Waals surface area contributed by atoms with Crippen LogP contribution in [0.4, 0.5) is 9.59 Å². The normalized spacial score (nSPS) is 9.64. The summed E-state index contributed by atoms with van der Waals surface area (Å²) in [6, 6.07) is 0. The molecule has 8 nitrogen and oxygen atoms in total. The molecule has 0 saturated carbocycles. The van der Waals surface area contributed by atoms with Crippen LogP contribution in [0.5, 0.6) is 0 Å². The smallest absolute Gasteiger partial charge is 0.432 e. The number of carbonyl (C=O) groups excluding carboxylic acids is 2. The van der Waals surface area contributed by atoms with Gasteiger partial charge in [-0.15, -0.1) is 0 Å². The highest BCUT2D eigenvalue weighted by Gasteiger charge is 2.02. The fourth-order valence-corrected chi connectivity index (χ4v) is 1.03. The van der Waals surface area contributed by atoms with Gasteiger partial charge in [-0.25, -0.2) is 9.59 Å². The highest BCUT2D eigenvalue weighted by atomic mass is 16.7. The van der Waals surface area contributed by atoms with Gasteiger partial charge >= 0.3 is 12.3 Å². The van der Waals surface area contributed by atoms with E-state index < -0.39 is 12.3 Å². The average molecular weight is 318 g/mol. The van der Waals surface area contributed by atoms with Crippen LogP contribution in [0.25, 0.3) is 0 Å². The molecule has 0 aliphatic rings. The second-order valence-electron chi connectivity index (χ2n) is 3.62. The predicted octanol–water partition coefficient (Wildman–Crippen LogP) is 1.70. The van der Waals surface area contributed by atoms with Crippen LogP contribution in [0.15, 0.2) is 25.3 Å². The lowest BCUT2D eigenvalue weighted by Crippen LogP contribution is -2.15. The Kier molecular flexibility index (Phi) is 13.9. The van der Waals surface area contributed by atoms with Gasteiger partial charge in [0.05, 0.1) is 26.4 Å². The summed E-state index contributed by atoms with van der Waals surface area (Å²) in [7, 11) is 0. The summed E-state index contributed by atoms with van der Waals surface area (Å²) >= 11 is 0. The summed E-state index contributed by atoms with van der Waals surface area (Å²) in [4.78, 5) is 21.8. The Bertz CT molecular complexity index is 297. The van der Waals surface area contributed by atoms with E-state index in [4.69, 9.17) is 18.9 Å². The van der Waals surface area contributed by atoms with Crippen LogP contribution in [0.2, 0.25) is 0 Å². The minimum absolute atomic E-state index is 0.0915. The number of rotatable bonds is 13. The largest absolute Gasteiger partial charge is 0.508 e. The molecule has 0 atom stereocenters. The number of ether oxygens (including phenoxy) is 6. The maximum absolute atomic E-state index is 10.9. The molecule has 0 fully saturated rings. The van der Waals surface area contributed by atoms with Gasteiger partial charge in [0.15, 0.2) is 0 Å². The molecule has 0 aromatic rings. The third-order valence-corrected chi connectivity index (χ3v) is 1.91. The zero-order valence-electron chi connectivity index (χ0n) is 12.5. The van der Waals surface area contributed by atoms with Crippen LogP contribution in [0.3, 0.4) is 0 Å². The van der Waals surface area contributed by atoms with Crippen LogP contribution in [-0.4, -0.2) is 65.2 Å². The molecule has 0 unspecified atom stereocenters. The summed E-state index contributed by atoms with van der Waals surface area (Å²) in [5.74, 6) is 0. The van der Waals surface area contributed by atoms with Crippen LogP contribution in [-0.2, 0) is 28.4 Å². The molecular formula is C14H22O8. The quantitative estimate of drug-likeness (QED) is 0.288. The Hall–Kier alpha value is -2.06. The van der Waals surface area contributed by atoms with Gasteiger partial charge < -0.3 is 28.4 Å². The second-order valence-corrected chi connectivity index (χ2v) is 3.62. The molecule has 0 spiro atoms. The molecule has 0 radical (unpaired) electrons. The number of carbonyl (C=O) groups is 2. The fraction of sp³-hybridized carbons (Fsp3) is 0.571. The molecule has 0 aliphatic heterocycles. The van der Waals surface area contributed by atoms with E-state index in [9.17, 15) is 9.59 Å². The zero-order chi connectivity index (χ0) is 16.5. The molecule has 0 saturated heterocycles. The van der Waals surface area contributed by atoms with Crippen LogP contribution < -0.4 is 0 Å². The van der Waals surface area contributed by atoms with E-state index in [1.807, 2.05) is 0 Å². The molecule has 8 heteroatoms. The molecule has 22 heavy (non-hydrogen) atoms. The lowest BCUT2D eigenvalue weighted by Gasteiger charge is -2.07. The fourth-order valence-electron chi connectivity index (χ4n) is 1.03. The van der Waals surface area contributed by atoms with Gasteiger partial charge in [-0.05, 0) is 0 Å². The first kappa shape index (κ1) is 19.9. The van der Waals surface area contributed by atoms with E-state index >= 15 is 0 Å². The lowest BCUT2D eigenvalue weighted by atomic mass is 10.7. The lowest BCUT2D eigenvalue weighted by molar-refractivity contribution is -0.00224. The van der Waals surface area contributed by atoms with Crippen molar-refractivity contribution in [1.29, 1.82) is 0 Å². The van der Waals surface area contributed by atoms with Gasteiger partial charge in [0.1, 0.15) is 26.4 Å². The van der Waals surface area contributed by atoms with E-state index in [1.165, 1.54) is 12.2 Å². The average Bonchev–Trinajstić information content (AvgIpc) is 2.52. The Morgan fingerprint density at radius 2 is 1.00 bits per heavy atom. The third-order valence-electron chi connectivity index (χ3n) is 1.91. The van der Waals surface area contributed by atoms with Crippen LogP contribution in [0, 0.1) is 0 Å². The van der Waals surface area contributed by atoms with Gasteiger partial charge in [-0.1, -0.05) is 25.3 Å². The highest BCUT2D eigenvalue weighted by molar-refractivity contribution is 5.60. The van der Waals surface area contributed by atoms with E-state index in [1.54, 1.807) is 0 Å². The van der Waals surface area contributed by atoms with Gasteiger partial charge in [-0.2, -0.15) is 0 Å². The molecule has 0 bridgehead atoms. The van der Waals surface area contributed by atoms with Gasteiger partial charge in [0.25, 0.3) is 0 Å². The number of hydrogen-bond donors (Lipinski definition) is 0. The zero-order valence-corrected chi connectivity index (χ0v) is 12.5. The molecule has 0 amide bonds. The van der Waals surface area contributed by atoms with Crippen molar-refractivity contribution in [3.63, 3.8) is 0 Å². The standard InChI is InChI=1S/C14H22O8/c1-3-5-19-13(15)21-11-9-17-7-8-18-10-12-22-14(16)20-6-4-2/h3-4H,1-2,5-12H2. The summed E-state index contributed by atoms with van der Waals surface area (Å²) in [5, 5.41) is 0. The summed E-state index contributed by atoms with van der Waals surface area (Å²) in [6.07, 6.45) is 1.36. The van der Waals surface area contributed by atoms with E-state index in [0.717, 1.165) is 0 Å². The van der Waals surface area contributed by atoms with Crippen molar-refractivity contribution in [1.82, 2.24) is 0 Å². The molecule has 0 heterocycles. The minimum atomic E-state index is -0.764. The molecule has 0 rings (SSSR count). The maximum Gasteiger partial charge on any atom is 0.508 e. The second kappa shape index (κ2) is 15.3. The molecule has 0 N–H and O–H groups in total. The SMILES string of the molecule is C=CCOC(=O)OCCOCCOCCOC(=O)OCC=C. The van der Waals surface area contributed by atoms with Crippen molar-refractivity contribution in [3.05, 3.63) is 25.3 Å². The minimum Gasteiger partial charge on any atom is -0.432 e. The summed E-state index contributed by atoms with van der Waals surface area (Å²) in [6.45, 7) is 8.31. The first-order valence-electron chi connectivity index (χ1n) is 6.67. The van der Waals surface area contributed by atoms with Gasteiger partial charge in [0, 0.05) is 0 Å². The van der Waals surface area contributed by atoms with E-state index in [0.29, 0.717) is 13.2 Å². The highest BCUT2D eigenvalue weighted by Crippen LogP contribution is 1.88. The van der Waals surface area contributed by atoms with Crippen molar-refractivity contribution in [2.75, 3.05) is 52.9 Å². The topological polar surface area (TPSA) is 89.5 Å². The Morgan fingerprint density at radius 3 is 1.36 bits per heavy atom. The molecule has 0 aliphatic carbocycles. The monoisotopic (exact) mass is 318 g/mol. The van der Waals surface area contributed by atoms with E-state index in [-0.39, 0.29) is 39.6 Å². The van der Waals surface area contributed by atoms with E-state index in [2.05, 4.69) is 22.6 Å². The molecule has 126 valence electrons. The van der Waals surface area contributed by atoms with Gasteiger partial charge in [0.2, 0.25) is 0 Å². The van der Waals surface area contributed by atoms with Crippen LogP contribution >= 0.6 is 0 Å². The third kappa shape index (κ3) is 14.4. The van der Waals surface area contributed by atoms with Crippen molar-refractivity contribution in [3.8, 4) is 0 Å². The first-order chi connectivity index (χ1) is 10.7. The molecule has 0 aromatic carbocycles. The summed E-state index contributed by atoms with van der Waals surface area (Å²) < 4.78 is 28.9. The maximum atomic E-state index is 10.9. The van der Waals surface area contributed by atoms with Crippen LogP contribution in [0.1, 0.15) is 0 Å². The number of hydrogen-bond acceptors (Lipinski definition) is 8. The Balaban J connectivity index is 3.20.